The zero-order chi connectivity index (χ0) is 12.7. The summed E-state index contributed by atoms with van der Waals surface area (Å²) in [6.45, 7) is 0.443. The molecule has 0 spiro atoms. The quantitative estimate of drug-likeness (QED) is 0.723. The number of allylic oxidation sites excluding steroid dienone is 4. The largest absolute Gasteiger partial charge is 0.365 e. The van der Waals surface area contributed by atoms with Crippen LogP contribution in [0.2, 0.25) is 0 Å². The molecule has 0 aromatic rings. The van der Waals surface area contributed by atoms with Crippen LogP contribution < -0.4 is 5.73 Å². The topological polar surface area (TPSA) is 75.8 Å². The van der Waals surface area contributed by atoms with Gasteiger partial charge in [0.2, 0.25) is 0 Å². The summed E-state index contributed by atoms with van der Waals surface area (Å²) in [4.78, 5) is 29.3. The highest BCUT2D eigenvalue weighted by Gasteiger charge is 2.29. The zero-order valence-corrected chi connectivity index (χ0v) is 9.59. The maximum atomic E-state index is 11.8. The van der Waals surface area contributed by atoms with Gasteiger partial charge in [-0.1, -0.05) is 6.08 Å². The summed E-state index contributed by atoms with van der Waals surface area (Å²) in [5.41, 5.74) is 7.02. The van der Waals surface area contributed by atoms with Crippen molar-refractivity contribution in [3.05, 3.63) is 47.3 Å². The molecule has 0 unspecified atom stereocenters. The van der Waals surface area contributed by atoms with Crippen molar-refractivity contribution in [3.63, 3.8) is 0 Å². The Morgan fingerprint density at radius 1 is 1.44 bits per heavy atom. The molecule has 0 bridgehead atoms. The molecule has 0 atom stereocenters. The molecule has 3 aliphatic rings. The van der Waals surface area contributed by atoms with E-state index >= 15 is 0 Å². The first kappa shape index (κ1) is 10.7. The second kappa shape index (κ2) is 3.80. The number of nitrogens with zero attached hydrogens (tertiary/aromatic N) is 2. The van der Waals surface area contributed by atoms with Gasteiger partial charge in [-0.05, 0) is 18.2 Å². The smallest absolute Gasteiger partial charge is 0.252 e. The monoisotopic (exact) mass is 241 g/mol. The number of aliphatic imine (C=N–C) groups is 1. The molecule has 2 N–H and O–H groups in total. The van der Waals surface area contributed by atoms with E-state index in [9.17, 15) is 9.59 Å². The number of rotatable bonds is 1. The lowest BCUT2D eigenvalue weighted by molar-refractivity contribution is -0.115. The number of amidine groups is 1. The summed E-state index contributed by atoms with van der Waals surface area (Å²) in [6.07, 6.45) is 9.18. The highest BCUT2D eigenvalue weighted by molar-refractivity contribution is 6.22. The highest BCUT2D eigenvalue weighted by Crippen LogP contribution is 2.26. The van der Waals surface area contributed by atoms with Crippen LogP contribution in [0.4, 0.5) is 0 Å². The molecular formula is C13H11N3O2. The van der Waals surface area contributed by atoms with Gasteiger partial charge in [0.15, 0.2) is 5.78 Å². The van der Waals surface area contributed by atoms with Gasteiger partial charge < -0.3 is 10.6 Å². The van der Waals surface area contributed by atoms with E-state index in [2.05, 4.69) is 4.99 Å². The Morgan fingerprint density at radius 2 is 2.28 bits per heavy atom. The molecule has 3 rings (SSSR count). The molecule has 5 nitrogen and oxygen atoms in total. The molecule has 0 saturated heterocycles. The molecule has 2 heterocycles. The van der Waals surface area contributed by atoms with Crippen LogP contribution in [0.1, 0.15) is 6.42 Å². The first-order valence-electron chi connectivity index (χ1n) is 5.63. The van der Waals surface area contributed by atoms with E-state index in [1.807, 2.05) is 6.08 Å². The van der Waals surface area contributed by atoms with Crippen molar-refractivity contribution >= 4 is 17.5 Å². The average molecular weight is 241 g/mol. The van der Waals surface area contributed by atoms with E-state index in [1.54, 1.807) is 29.3 Å². The Morgan fingerprint density at radius 3 is 3.06 bits per heavy atom. The summed E-state index contributed by atoms with van der Waals surface area (Å²) in [5.74, 6) is 0.0836. The first-order valence-corrected chi connectivity index (χ1v) is 5.63. The minimum Gasteiger partial charge on any atom is -0.365 e. The van der Waals surface area contributed by atoms with E-state index in [0.29, 0.717) is 35.6 Å². The lowest BCUT2D eigenvalue weighted by Gasteiger charge is -2.31. The molecule has 0 fully saturated rings. The van der Waals surface area contributed by atoms with Crippen LogP contribution >= 0.6 is 0 Å². The van der Waals surface area contributed by atoms with Crippen LogP contribution in [-0.2, 0) is 9.59 Å². The first-order chi connectivity index (χ1) is 8.66. The van der Waals surface area contributed by atoms with Gasteiger partial charge in [0.1, 0.15) is 5.84 Å². The van der Waals surface area contributed by atoms with Gasteiger partial charge in [-0.3, -0.25) is 9.59 Å². The predicted molar refractivity (Wildman–Crippen MR) is 66.3 cm³/mol. The number of Topliss-reactive ketones (excluding diaryl/α,β-unsaturated/α-hetero) is 1. The van der Waals surface area contributed by atoms with Gasteiger partial charge >= 0.3 is 0 Å². The standard InChI is InChI=1S/C13H11N3O2/c14-12(18)8-3-2-6-16-7-9-10(15-13(8)16)4-1-5-11(9)17/h1-4,6H,5,7H2,(H2,14,18). The molecular weight excluding hydrogens is 230 g/mol. The Kier molecular flexibility index (Phi) is 2.26. The van der Waals surface area contributed by atoms with Gasteiger partial charge in [0.25, 0.3) is 5.91 Å². The molecule has 5 heteroatoms. The normalized spacial score (nSPS) is 21.3. The Hall–Kier alpha value is -2.43. The van der Waals surface area contributed by atoms with Crippen LogP contribution in [0.15, 0.2) is 52.3 Å². The number of primary amides is 1. The fraction of sp³-hybridized carbons (Fsp3) is 0.154. The van der Waals surface area contributed by atoms with Crippen LogP contribution in [-0.4, -0.2) is 29.0 Å². The SMILES string of the molecule is NC(=O)C1=CC=CN2CC3=C(C=CCC3=O)N=C12. The molecule has 2 aliphatic heterocycles. The van der Waals surface area contributed by atoms with Gasteiger partial charge in [0.05, 0.1) is 17.8 Å². The number of fused-ring (bicyclic) bond motifs is 1. The molecule has 0 aromatic heterocycles. The van der Waals surface area contributed by atoms with Crippen molar-refractivity contribution in [2.45, 2.75) is 6.42 Å². The molecule has 1 amide bonds. The van der Waals surface area contributed by atoms with Crippen molar-refractivity contribution in [1.29, 1.82) is 0 Å². The van der Waals surface area contributed by atoms with Gasteiger partial charge in [-0.15, -0.1) is 0 Å². The number of amides is 1. The lowest BCUT2D eigenvalue weighted by atomic mass is 9.97. The van der Waals surface area contributed by atoms with Crippen LogP contribution in [0.3, 0.4) is 0 Å². The van der Waals surface area contributed by atoms with Crippen LogP contribution in [0.25, 0.3) is 0 Å². The molecule has 0 radical (unpaired) electrons. The van der Waals surface area contributed by atoms with Gasteiger partial charge in [-0.25, -0.2) is 4.99 Å². The second-order valence-electron chi connectivity index (χ2n) is 4.24. The van der Waals surface area contributed by atoms with Crippen molar-refractivity contribution in [2.24, 2.45) is 10.7 Å². The lowest BCUT2D eigenvalue weighted by Crippen LogP contribution is -2.39. The minimum atomic E-state index is -0.515. The predicted octanol–water partition coefficient (Wildman–Crippen LogP) is 0.423. The summed E-state index contributed by atoms with van der Waals surface area (Å²) in [5, 5.41) is 0. The van der Waals surface area contributed by atoms with Gasteiger partial charge in [0, 0.05) is 18.2 Å². The molecule has 90 valence electrons. The third kappa shape index (κ3) is 1.52. The molecule has 0 aromatic carbocycles. The molecule has 1 aliphatic carbocycles. The van der Waals surface area contributed by atoms with E-state index in [4.69, 9.17) is 5.73 Å². The van der Waals surface area contributed by atoms with E-state index in [0.717, 1.165) is 0 Å². The van der Waals surface area contributed by atoms with Crippen LogP contribution in [0.5, 0.6) is 0 Å². The summed E-state index contributed by atoms with van der Waals surface area (Å²) < 4.78 is 0. The third-order valence-electron chi connectivity index (χ3n) is 3.09. The van der Waals surface area contributed by atoms with Crippen molar-refractivity contribution in [2.75, 3.05) is 6.54 Å². The van der Waals surface area contributed by atoms with Crippen LogP contribution in [0, 0.1) is 0 Å². The van der Waals surface area contributed by atoms with Crippen molar-refractivity contribution in [1.82, 2.24) is 4.90 Å². The number of carbonyl (C=O) groups is 2. The average Bonchev–Trinajstić information content (AvgIpc) is 2.36. The summed E-state index contributed by atoms with van der Waals surface area (Å²) in [7, 11) is 0. The van der Waals surface area contributed by atoms with Crippen molar-refractivity contribution < 1.29 is 9.59 Å². The van der Waals surface area contributed by atoms with E-state index < -0.39 is 5.91 Å². The summed E-state index contributed by atoms with van der Waals surface area (Å²) >= 11 is 0. The number of hydrogen-bond donors (Lipinski definition) is 1. The van der Waals surface area contributed by atoms with E-state index in [1.165, 1.54) is 0 Å². The molecule has 0 saturated carbocycles. The second-order valence-corrected chi connectivity index (χ2v) is 4.24. The maximum Gasteiger partial charge on any atom is 0.252 e. The third-order valence-corrected chi connectivity index (χ3v) is 3.09. The number of ketones is 1. The Balaban J connectivity index is 2.10. The van der Waals surface area contributed by atoms with Gasteiger partial charge in [-0.2, -0.15) is 0 Å². The number of nitrogens with two attached hydrogens (primary N) is 1. The Labute approximate surface area is 104 Å². The Bertz CT molecular complexity index is 606. The minimum absolute atomic E-state index is 0.0823. The number of carbonyl (C=O) groups excluding carboxylic acids is 2. The summed E-state index contributed by atoms with van der Waals surface area (Å²) in [6, 6.07) is 0. The molecule has 18 heavy (non-hydrogen) atoms. The maximum absolute atomic E-state index is 11.8. The zero-order valence-electron chi connectivity index (χ0n) is 9.59. The van der Waals surface area contributed by atoms with E-state index in [-0.39, 0.29) is 5.78 Å². The number of hydrogen-bond acceptors (Lipinski definition) is 4. The highest BCUT2D eigenvalue weighted by atomic mass is 16.1. The fourth-order valence-electron chi connectivity index (χ4n) is 2.19. The fourth-order valence-corrected chi connectivity index (χ4v) is 2.19. The van der Waals surface area contributed by atoms with Crippen molar-refractivity contribution in [3.8, 4) is 0 Å².